The molecule has 0 radical (unpaired) electrons. The van der Waals surface area contributed by atoms with Crippen molar-refractivity contribution in [1.29, 1.82) is 0 Å². The van der Waals surface area contributed by atoms with Gasteiger partial charge in [-0.05, 0) is 43.7 Å². The van der Waals surface area contributed by atoms with Crippen LogP contribution in [0.2, 0.25) is 0 Å². The second-order valence-corrected chi connectivity index (χ2v) is 4.67. The molecule has 3 nitrogen and oxygen atoms in total. The fraction of sp³-hybridized carbons (Fsp3) is 0.333. The number of nitrogens with zero attached hydrogens (tertiary/aromatic N) is 2. The Morgan fingerprint density at radius 3 is 2.72 bits per heavy atom. The van der Waals surface area contributed by atoms with Crippen LogP contribution >= 0.6 is 0 Å². The van der Waals surface area contributed by atoms with Gasteiger partial charge in [-0.2, -0.15) is 0 Å². The lowest BCUT2D eigenvalue weighted by Crippen LogP contribution is -2.27. The van der Waals surface area contributed by atoms with Gasteiger partial charge in [0.25, 0.3) is 0 Å². The minimum atomic E-state index is 0.405. The Bertz CT molecular complexity index is 504. The summed E-state index contributed by atoms with van der Waals surface area (Å²) in [5.41, 5.74) is 3.04. The molecule has 0 spiro atoms. The molecule has 3 heteroatoms. The molecule has 1 fully saturated rings. The van der Waals surface area contributed by atoms with Gasteiger partial charge in [0.1, 0.15) is 0 Å². The number of rotatable bonds is 2. The first kappa shape index (κ1) is 11.4. The van der Waals surface area contributed by atoms with E-state index in [1.165, 1.54) is 19.3 Å². The predicted octanol–water partition coefficient (Wildman–Crippen LogP) is 2.96. The summed E-state index contributed by atoms with van der Waals surface area (Å²) in [4.78, 5) is 9.09. The molecule has 2 aromatic heterocycles. The fourth-order valence-electron chi connectivity index (χ4n) is 2.41. The van der Waals surface area contributed by atoms with Gasteiger partial charge in [0.05, 0.1) is 17.1 Å². The maximum Gasteiger partial charge on any atom is 0.0890 e. The number of nitrogens with one attached hydrogen (secondary N) is 1. The van der Waals surface area contributed by atoms with Gasteiger partial charge in [-0.3, -0.25) is 4.98 Å². The van der Waals surface area contributed by atoms with Gasteiger partial charge in [-0.15, -0.1) is 0 Å². The van der Waals surface area contributed by atoms with E-state index in [1.54, 1.807) is 0 Å². The van der Waals surface area contributed by atoms with Crippen LogP contribution in [0.15, 0.2) is 42.6 Å². The van der Waals surface area contributed by atoms with E-state index in [2.05, 4.69) is 22.4 Å². The first-order valence-electron chi connectivity index (χ1n) is 6.55. The van der Waals surface area contributed by atoms with Crippen molar-refractivity contribution in [1.82, 2.24) is 15.3 Å². The van der Waals surface area contributed by atoms with E-state index in [4.69, 9.17) is 4.98 Å². The highest BCUT2D eigenvalue weighted by Gasteiger charge is 2.16. The summed E-state index contributed by atoms with van der Waals surface area (Å²) >= 11 is 0. The molecule has 1 aliphatic heterocycles. The van der Waals surface area contributed by atoms with Gasteiger partial charge in [0.2, 0.25) is 0 Å². The third-order valence-corrected chi connectivity index (χ3v) is 3.37. The summed E-state index contributed by atoms with van der Waals surface area (Å²) in [7, 11) is 0. The highest BCUT2D eigenvalue weighted by Crippen LogP contribution is 2.23. The molecule has 0 aliphatic carbocycles. The Hall–Kier alpha value is -1.74. The topological polar surface area (TPSA) is 37.8 Å². The number of hydrogen-bond donors (Lipinski definition) is 1. The van der Waals surface area contributed by atoms with Gasteiger partial charge in [0.15, 0.2) is 0 Å². The lowest BCUT2D eigenvalue weighted by atomic mass is 10.0. The van der Waals surface area contributed by atoms with Gasteiger partial charge in [-0.1, -0.05) is 18.6 Å². The summed E-state index contributed by atoms with van der Waals surface area (Å²) < 4.78 is 0. The lowest BCUT2D eigenvalue weighted by molar-refractivity contribution is 0.405. The SMILES string of the molecule is c1ccc(-c2cccc(C3CCCCN3)n2)nc1. The van der Waals surface area contributed by atoms with Crippen LogP contribution in [0, 0.1) is 0 Å². The van der Waals surface area contributed by atoms with E-state index in [9.17, 15) is 0 Å². The van der Waals surface area contributed by atoms with Crippen molar-refractivity contribution in [3.63, 3.8) is 0 Å². The summed E-state index contributed by atoms with van der Waals surface area (Å²) in [5, 5.41) is 3.53. The number of hydrogen-bond acceptors (Lipinski definition) is 3. The minimum absolute atomic E-state index is 0.405. The molecular formula is C15H17N3. The van der Waals surface area contributed by atoms with Crippen molar-refractivity contribution in [3.8, 4) is 11.4 Å². The highest BCUT2D eigenvalue weighted by molar-refractivity contribution is 5.53. The number of aromatic nitrogens is 2. The standard InChI is InChI=1S/C15H17N3/c1-3-10-16-12(6-1)14-8-5-9-15(18-14)13-7-2-4-11-17-13/h1,3,5-6,8-10,13,17H,2,4,7,11H2. The van der Waals surface area contributed by atoms with Crippen molar-refractivity contribution in [2.75, 3.05) is 6.54 Å². The smallest absolute Gasteiger partial charge is 0.0890 e. The molecule has 3 rings (SSSR count). The average molecular weight is 239 g/mol. The van der Waals surface area contributed by atoms with Crippen LogP contribution in [-0.4, -0.2) is 16.5 Å². The third kappa shape index (κ3) is 2.41. The van der Waals surface area contributed by atoms with Crippen molar-refractivity contribution in [3.05, 3.63) is 48.3 Å². The van der Waals surface area contributed by atoms with Crippen LogP contribution < -0.4 is 5.32 Å². The van der Waals surface area contributed by atoms with Crippen molar-refractivity contribution in [2.45, 2.75) is 25.3 Å². The summed E-state index contributed by atoms with van der Waals surface area (Å²) in [6, 6.07) is 12.5. The zero-order valence-electron chi connectivity index (χ0n) is 10.3. The molecule has 0 aromatic carbocycles. The molecular weight excluding hydrogens is 222 g/mol. The number of pyridine rings is 2. The molecule has 1 N–H and O–H groups in total. The molecule has 1 unspecified atom stereocenters. The van der Waals surface area contributed by atoms with E-state index in [0.29, 0.717) is 6.04 Å². The average Bonchev–Trinajstić information content (AvgIpc) is 2.49. The first-order chi connectivity index (χ1) is 8.93. The van der Waals surface area contributed by atoms with E-state index < -0.39 is 0 Å². The Labute approximate surface area is 107 Å². The summed E-state index contributed by atoms with van der Waals surface area (Å²) in [6.45, 7) is 1.10. The van der Waals surface area contributed by atoms with Crippen molar-refractivity contribution >= 4 is 0 Å². The number of piperidine rings is 1. The molecule has 1 aliphatic rings. The maximum absolute atomic E-state index is 4.74. The molecule has 0 amide bonds. The Morgan fingerprint density at radius 2 is 1.94 bits per heavy atom. The first-order valence-corrected chi connectivity index (χ1v) is 6.55. The predicted molar refractivity (Wildman–Crippen MR) is 72.1 cm³/mol. The van der Waals surface area contributed by atoms with E-state index in [0.717, 1.165) is 23.6 Å². The highest BCUT2D eigenvalue weighted by atomic mass is 15.0. The van der Waals surface area contributed by atoms with Crippen LogP contribution in [0.1, 0.15) is 31.0 Å². The second-order valence-electron chi connectivity index (χ2n) is 4.67. The van der Waals surface area contributed by atoms with Crippen LogP contribution in [-0.2, 0) is 0 Å². The minimum Gasteiger partial charge on any atom is -0.309 e. The quantitative estimate of drug-likeness (QED) is 0.875. The zero-order chi connectivity index (χ0) is 12.2. The Balaban J connectivity index is 1.89. The fourth-order valence-corrected chi connectivity index (χ4v) is 2.41. The van der Waals surface area contributed by atoms with Gasteiger partial charge in [0, 0.05) is 12.2 Å². The summed E-state index contributed by atoms with van der Waals surface area (Å²) in [6.07, 6.45) is 5.55. The van der Waals surface area contributed by atoms with E-state index in [1.807, 2.05) is 30.5 Å². The Morgan fingerprint density at radius 1 is 1.00 bits per heavy atom. The molecule has 3 heterocycles. The van der Waals surface area contributed by atoms with Crippen molar-refractivity contribution < 1.29 is 0 Å². The van der Waals surface area contributed by atoms with E-state index >= 15 is 0 Å². The van der Waals surface area contributed by atoms with Crippen LogP contribution in [0.3, 0.4) is 0 Å². The maximum atomic E-state index is 4.74. The molecule has 1 atom stereocenters. The van der Waals surface area contributed by atoms with Crippen LogP contribution in [0.4, 0.5) is 0 Å². The van der Waals surface area contributed by atoms with Crippen LogP contribution in [0.25, 0.3) is 11.4 Å². The van der Waals surface area contributed by atoms with E-state index in [-0.39, 0.29) is 0 Å². The normalized spacial score (nSPS) is 19.7. The third-order valence-electron chi connectivity index (χ3n) is 3.37. The molecule has 0 saturated carbocycles. The zero-order valence-corrected chi connectivity index (χ0v) is 10.3. The van der Waals surface area contributed by atoms with Gasteiger partial charge in [-0.25, -0.2) is 4.98 Å². The summed E-state index contributed by atoms with van der Waals surface area (Å²) in [5.74, 6) is 0. The molecule has 2 aromatic rings. The largest absolute Gasteiger partial charge is 0.309 e. The molecule has 92 valence electrons. The van der Waals surface area contributed by atoms with Gasteiger partial charge >= 0.3 is 0 Å². The molecule has 18 heavy (non-hydrogen) atoms. The monoisotopic (exact) mass is 239 g/mol. The van der Waals surface area contributed by atoms with Gasteiger partial charge < -0.3 is 5.32 Å². The molecule has 0 bridgehead atoms. The second kappa shape index (κ2) is 5.27. The molecule has 1 saturated heterocycles. The van der Waals surface area contributed by atoms with Crippen LogP contribution in [0.5, 0.6) is 0 Å². The lowest BCUT2D eigenvalue weighted by Gasteiger charge is -2.23. The van der Waals surface area contributed by atoms with Crippen molar-refractivity contribution in [2.24, 2.45) is 0 Å². The Kier molecular flexibility index (Phi) is 3.33.